The molecule has 0 aliphatic carbocycles. The van der Waals surface area contributed by atoms with Gasteiger partial charge in [-0.2, -0.15) is 0 Å². The number of ether oxygens (including phenoxy) is 1. The molecule has 0 unspecified atom stereocenters. The van der Waals surface area contributed by atoms with Gasteiger partial charge in [-0.3, -0.25) is 10.1 Å². The first-order valence-electron chi connectivity index (χ1n) is 7.43. The van der Waals surface area contributed by atoms with Crippen molar-refractivity contribution in [2.75, 3.05) is 0 Å². The van der Waals surface area contributed by atoms with Crippen molar-refractivity contribution in [1.29, 1.82) is 0 Å². The van der Waals surface area contributed by atoms with Crippen molar-refractivity contribution >= 4 is 11.7 Å². The van der Waals surface area contributed by atoms with E-state index in [0.29, 0.717) is 5.56 Å². The zero-order valence-corrected chi connectivity index (χ0v) is 13.6. The van der Waals surface area contributed by atoms with Crippen molar-refractivity contribution in [3.8, 4) is 0 Å². The summed E-state index contributed by atoms with van der Waals surface area (Å²) in [6.45, 7) is 7.20. The van der Waals surface area contributed by atoms with Gasteiger partial charge in [0.1, 0.15) is 11.2 Å². The predicted molar refractivity (Wildman–Crippen MR) is 84.7 cm³/mol. The third-order valence-corrected chi connectivity index (χ3v) is 3.13. The molecule has 0 fully saturated rings. The fraction of sp³-hybridized carbons (Fsp3) is 0.562. The molecule has 0 spiro atoms. The number of carbonyl (C=O) groups is 1. The number of carbonyl (C=O) groups excluding carboxylic acids is 1. The summed E-state index contributed by atoms with van der Waals surface area (Å²) in [7, 11) is 0. The molecule has 6 nitrogen and oxygen atoms in total. The van der Waals surface area contributed by atoms with E-state index in [2.05, 4.69) is 6.92 Å². The number of nitrogens with zero attached hydrogens (tertiary/aromatic N) is 1. The van der Waals surface area contributed by atoms with Crippen molar-refractivity contribution in [3.63, 3.8) is 0 Å². The maximum Gasteiger partial charge on any atom is 0.345 e. The van der Waals surface area contributed by atoms with Crippen LogP contribution in [0.4, 0.5) is 5.69 Å². The van der Waals surface area contributed by atoms with Crippen molar-refractivity contribution < 1.29 is 14.5 Å². The molecule has 1 atom stereocenters. The number of esters is 1. The van der Waals surface area contributed by atoms with Crippen LogP contribution in [0, 0.1) is 10.1 Å². The zero-order chi connectivity index (χ0) is 16.9. The molecular formula is C16H24N2O4. The van der Waals surface area contributed by atoms with Gasteiger partial charge in [0.25, 0.3) is 5.69 Å². The van der Waals surface area contributed by atoms with Gasteiger partial charge in [-0.1, -0.05) is 25.8 Å². The number of unbranched alkanes of at least 4 members (excludes halogenated alkanes) is 1. The van der Waals surface area contributed by atoms with Gasteiger partial charge in [-0.15, -0.1) is 0 Å². The number of benzene rings is 1. The molecule has 22 heavy (non-hydrogen) atoms. The first-order chi connectivity index (χ1) is 10.2. The lowest BCUT2D eigenvalue weighted by molar-refractivity contribution is -0.385. The molecule has 0 heterocycles. The standard InChI is InChI=1S/C16H24N2O4/c1-5-6-7-13(17)11-8-9-12(14(10-11)18(20)21)15(19)22-16(2,3)4/h8-10,13H,5-7,17H2,1-4H3/t13-/m1/s1. The third-order valence-electron chi connectivity index (χ3n) is 3.13. The number of rotatable bonds is 6. The molecule has 2 N–H and O–H groups in total. The maximum absolute atomic E-state index is 12.1. The van der Waals surface area contributed by atoms with Crippen LogP contribution in [0.2, 0.25) is 0 Å². The average molecular weight is 308 g/mol. The first-order valence-corrected chi connectivity index (χ1v) is 7.43. The molecule has 0 aliphatic heterocycles. The summed E-state index contributed by atoms with van der Waals surface area (Å²) >= 11 is 0. The van der Waals surface area contributed by atoms with Crippen LogP contribution in [-0.4, -0.2) is 16.5 Å². The maximum atomic E-state index is 12.1. The number of nitro groups is 1. The Morgan fingerprint density at radius 3 is 2.55 bits per heavy atom. The SMILES string of the molecule is CCCC[C@@H](N)c1ccc(C(=O)OC(C)(C)C)c([N+](=O)[O-])c1. The van der Waals surface area contributed by atoms with Crippen molar-refractivity contribution in [1.82, 2.24) is 0 Å². The van der Waals surface area contributed by atoms with Crippen LogP contribution in [0.5, 0.6) is 0 Å². The average Bonchev–Trinajstić information content (AvgIpc) is 2.42. The highest BCUT2D eigenvalue weighted by Gasteiger charge is 2.26. The minimum atomic E-state index is -0.707. The number of hydrogen-bond donors (Lipinski definition) is 1. The van der Waals surface area contributed by atoms with E-state index < -0.39 is 16.5 Å². The summed E-state index contributed by atoms with van der Waals surface area (Å²) in [6, 6.07) is 4.19. The minimum Gasteiger partial charge on any atom is -0.456 e. The highest BCUT2D eigenvalue weighted by Crippen LogP contribution is 2.27. The molecule has 0 saturated carbocycles. The third kappa shape index (κ3) is 5.11. The summed E-state index contributed by atoms with van der Waals surface area (Å²) in [5, 5.41) is 11.2. The van der Waals surface area contributed by atoms with Crippen LogP contribution in [0.25, 0.3) is 0 Å². The van der Waals surface area contributed by atoms with Gasteiger partial charge in [0.05, 0.1) is 4.92 Å². The van der Waals surface area contributed by atoms with E-state index in [1.54, 1.807) is 26.8 Å². The van der Waals surface area contributed by atoms with E-state index >= 15 is 0 Å². The quantitative estimate of drug-likeness (QED) is 0.490. The van der Waals surface area contributed by atoms with Gasteiger partial charge in [0.2, 0.25) is 0 Å². The van der Waals surface area contributed by atoms with E-state index in [1.165, 1.54) is 12.1 Å². The van der Waals surface area contributed by atoms with E-state index in [9.17, 15) is 14.9 Å². The largest absolute Gasteiger partial charge is 0.456 e. The van der Waals surface area contributed by atoms with Crippen LogP contribution >= 0.6 is 0 Å². The highest BCUT2D eigenvalue weighted by atomic mass is 16.6. The molecule has 0 saturated heterocycles. The highest BCUT2D eigenvalue weighted by molar-refractivity contribution is 5.94. The van der Waals surface area contributed by atoms with E-state index in [4.69, 9.17) is 10.5 Å². The Morgan fingerprint density at radius 1 is 1.41 bits per heavy atom. The predicted octanol–water partition coefficient (Wildman–Crippen LogP) is 3.74. The molecule has 6 heteroatoms. The van der Waals surface area contributed by atoms with E-state index in [0.717, 1.165) is 19.3 Å². The van der Waals surface area contributed by atoms with Crippen LogP contribution in [0.15, 0.2) is 18.2 Å². The topological polar surface area (TPSA) is 95.5 Å². The first kappa shape index (κ1) is 18.1. The van der Waals surface area contributed by atoms with E-state index in [1.807, 2.05) is 0 Å². The normalized spacial score (nSPS) is 12.8. The van der Waals surface area contributed by atoms with Crippen molar-refractivity contribution in [3.05, 3.63) is 39.4 Å². The zero-order valence-electron chi connectivity index (χ0n) is 13.6. The Labute approximate surface area is 130 Å². The smallest absolute Gasteiger partial charge is 0.345 e. The summed E-state index contributed by atoms with van der Waals surface area (Å²) < 4.78 is 5.21. The van der Waals surface area contributed by atoms with Gasteiger partial charge in [0, 0.05) is 12.1 Å². The van der Waals surface area contributed by atoms with E-state index in [-0.39, 0.29) is 17.3 Å². The monoisotopic (exact) mass is 308 g/mol. The Hall–Kier alpha value is -1.95. The molecule has 0 aromatic heterocycles. The molecule has 0 amide bonds. The molecule has 0 aliphatic rings. The Balaban J connectivity index is 3.10. The molecule has 122 valence electrons. The second-order valence-corrected chi connectivity index (χ2v) is 6.28. The Morgan fingerprint density at radius 2 is 2.05 bits per heavy atom. The fourth-order valence-electron chi connectivity index (χ4n) is 2.03. The summed E-state index contributed by atoms with van der Waals surface area (Å²) in [5.41, 5.74) is 5.68. The fourth-order valence-corrected chi connectivity index (χ4v) is 2.03. The lowest BCUT2D eigenvalue weighted by Gasteiger charge is -2.19. The van der Waals surface area contributed by atoms with Crippen molar-refractivity contribution in [2.24, 2.45) is 5.73 Å². The van der Waals surface area contributed by atoms with Gasteiger partial charge in [0.15, 0.2) is 0 Å². The number of nitro benzene ring substituents is 1. The molecule has 0 radical (unpaired) electrons. The van der Waals surface area contributed by atoms with Gasteiger partial charge in [-0.05, 0) is 38.8 Å². The number of nitrogens with two attached hydrogens (primary N) is 1. The second-order valence-electron chi connectivity index (χ2n) is 6.28. The lowest BCUT2D eigenvalue weighted by atomic mass is 9.99. The van der Waals surface area contributed by atoms with Crippen LogP contribution in [0.3, 0.4) is 0 Å². The van der Waals surface area contributed by atoms with Crippen LogP contribution < -0.4 is 5.73 Å². The Kier molecular flexibility index (Phi) is 6.05. The second kappa shape index (κ2) is 7.35. The molecule has 1 rings (SSSR count). The minimum absolute atomic E-state index is 0.0497. The summed E-state index contributed by atoms with van der Waals surface area (Å²) in [5.74, 6) is -0.701. The van der Waals surface area contributed by atoms with Crippen LogP contribution in [0.1, 0.15) is 68.9 Å². The molecular weight excluding hydrogens is 284 g/mol. The summed E-state index contributed by atoms with van der Waals surface area (Å²) in [4.78, 5) is 22.7. The van der Waals surface area contributed by atoms with Gasteiger partial charge in [-0.25, -0.2) is 4.79 Å². The van der Waals surface area contributed by atoms with Crippen LogP contribution in [-0.2, 0) is 4.74 Å². The molecule has 0 bridgehead atoms. The Bertz CT molecular complexity index is 550. The number of hydrogen-bond acceptors (Lipinski definition) is 5. The molecule has 1 aromatic rings. The lowest BCUT2D eigenvalue weighted by Crippen LogP contribution is -2.24. The molecule has 1 aromatic carbocycles. The van der Waals surface area contributed by atoms with Gasteiger partial charge >= 0.3 is 5.97 Å². The summed E-state index contributed by atoms with van der Waals surface area (Å²) in [6.07, 6.45) is 2.70. The van der Waals surface area contributed by atoms with Crippen molar-refractivity contribution in [2.45, 2.75) is 58.6 Å². The van der Waals surface area contributed by atoms with Gasteiger partial charge < -0.3 is 10.5 Å².